The zero-order valence-electron chi connectivity index (χ0n) is 12.4. The first-order chi connectivity index (χ1) is 10.1. The van der Waals surface area contributed by atoms with Crippen LogP contribution >= 0.6 is 0 Å². The van der Waals surface area contributed by atoms with Crippen molar-refractivity contribution >= 4 is 11.6 Å². The van der Waals surface area contributed by atoms with E-state index in [1.807, 2.05) is 36.7 Å². The highest BCUT2D eigenvalue weighted by Gasteiger charge is 2.07. The number of hydrogen-bond donors (Lipinski definition) is 2. The first-order valence-corrected chi connectivity index (χ1v) is 7.06. The maximum atomic E-state index is 11.8. The Labute approximate surface area is 124 Å². The van der Waals surface area contributed by atoms with Crippen LogP contribution in [0.3, 0.4) is 0 Å². The summed E-state index contributed by atoms with van der Waals surface area (Å²) in [7, 11) is 0. The van der Waals surface area contributed by atoms with E-state index in [2.05, 4.69) is 15.3 Å². The van der Waals surface area contributed by atoms with Crippen molar-refractivity contribution in [2.24, 2.45) is 11.7 Å². The van der Waals surface area contributed by atoms with Crippen molar-refractivity contribution in [1.29, 1.82) is 0 Å². The molecule has 2 heterocycles. The van der Waals surface area contributed by atoms with Gasteiger partial charge in [0, 0.05) is 18.8 Å². The summed E-state index contributed by atoms with van der Waals surface area (Å²) in [5, 5.41) is 2.84. The van der Waals surface area contributed by atoms with Crippen LogP contribution in [0.2, 0.25) is 0 Å². The number of anilines is 1. The molecule has 1 amide bonds. The van der Waals surface area contributed by atoms with Gasteiger partial charge in [-0.15, -0.1) is 0 Å². The van der Waals surface area contributed by atoms with Crippen LogP contribution in [0, 0.1) is 12.8 Å². The number of carbonyl (C=O) groups is 1. The van der Waals surface area contributed by atoms with Crippen LogP contribution in [0.4, 0.5) is 5.69 Å². The molecule has 2 aromatic rings. The van der Waals surface area contributed by atoms with E-state index in [1.165, 1.54) is 0 Å². The van der Waals surface area contributed by atoms with Gasteiger partial charge in [0.05, 0.1) is 11.9 Å². The molecule has 0 aromatic carbocycles. The normalized spacial score (nSPS) is 12.1. The fraction of sp³-hybridized carbons (Fsp3) is 0.400. The van der Waals surface area contributed by atoms with Crippen molar-refractivity contribution in [1.82, 2.24) is 14.5 Å². The van der Waals surface area contributed by atoms with Crippen LogP contribution in [-0.4, -0.2) is 27.0 Å². The van der Waals surface area contributed by atoms with Gasteiger partial charge in [-0.2, -0.15) is 0 Å². The number of imidazole rings is 1. The maximum absolute atomic E-state index is 11.8. The molecule has 0 aliphatic rings. The molecule has 112 valence electrons. The van der Waals surface area contributed by atoms with E-state index in [9.17, 15) is 4.79 Å². The predicted molar refractivity (Wildman–Crippen MR) is 82.2 cm³/mol. The molecule has 2 rings (SSSR count). The monoisotopic (exact) mass is 287 g/mol. The Morgan fingerprint density at radius 1 is 1.43 bits per heavy atom. The molecule has 2 aromatic heterocycles. The minimum Gasteiger partial charge on any atom is -0.330 e. The molecule has 0 radical (unpaired) electrons. The standard InChI is InChI=1S/C15H21N5O/c1-11(9-16)3-6-15(21)19-13-4-5-14(18-10-13)20-8-7-17-12(20)2/h4-5,7-8,10-11H,3,6,9,16H2,1-2H3,(H,19,21). The molecule has 0 saturated carbocycles. The van der Waals surface area contributed by atoms with Crippen LogP contribution in [0.15, 0.2) is 30.7 Å². The second kappa shape index (κ2) is 6.99. The van der Waals surface area contributed by atoms with E-state index >= 15 is 0 Å². The van der Waals surface area contributed by atoms with E-state index < -0.39 is 0 Å². The molecule has 0 aliphatic carbocycles. The third kappa shape index (κ3) is 4.13. The van der Waals surface area contributed by atoms with Crippen molar-refractivity contribution in [3.8, 4) is 5.82 Å². The summed E-state index contributed by atoms with van der Waals surface area (Å²) in [5.41, 5.74) is 6.23. The maximum Gasteiger partial charge on any atom is 0.224 e. The van der Waals surface area contributed by atoms with E-state index in [0.29, 0.717) is 24.6 Å². The predicted octanol–water partition coefficient (Wildman–Crippen LogP) is 1.89. The van der Waals surface area contributed by atoms with Gasteiger partial charge < -0.3 is 11.1 Å². The average molecular weight is 287 g/mol. The largest absolute Gasteiger partial charge is 0.330 e. The number of aromatic nitrogens is 3. The fourth-order valence-electron chi connectivity index (χ4n) is 1.94. The lowest BCUT2D eigenvalue weighted by Crippen LogP contribution is -2.16. The number of nitrogens with one attached hydrogen (secondary N) is 1. The summed E-state index contributed by atoms with van der Waals surface area (Å²) in [4.78, 5) is 20.3. The highest BCUT2D eigenvalue weighted by molar-refractivity contribution is 5.90. The Morgan fingerprint density at radius 2 is 2.24 bits per heavy atom. The van der Waals surface area contributed by atoms with E-state index in [4.69, 9.17) is 5.73 Å². The van der Waals surface area contributed by atoms with Gasteiger partial charge in [0.15, 0.2) is 0 Å². The third-order valence-corrected chi connectivity index (χ3v) is 3.37. The Balaban J connectivity index is 1.94. The van der Waals surface area contributed by atoms with Crippen molar-refractivity contribution in [3.63, 3.8) is 0 Å². The lowest BCUT2D eigenvalue weighted by atomic mass is 10.1. The Hall–Kier alpha value is -2.21. The molecule has 3 N–H and O–H groups in total. The van der Waals surface area contributed by atoms with Gasteiger partial charge in [-0.05, 0) is 37.9 Å². The van der Waals surface area contributed by atoms with Crippen LogP contribution < -0.4 is 11.1 Å². The molecule has 1 atom stereocenters. The second-order valence-electron chi connectivity index (χ2n) is 5.18. The Kier molecular flexibility index (Phi) is 5.05. The number of nitrogens with zero attached hydrogens (tertiary/aromatic N) is 3. The van der Waals surface area contributed by atoms with Gasteiger partial charge in [-0.3, -0.25) is 9.36 Å². The summed E-state index contributed by atoms with van der Waals surface area (Å²) in [6.07, 6.45) is 6.50. The molecule has 0 aliphatic heterocycles. The molecular weight excluding hydrogens is 266 g/mol. The molecule has 1 unspecified atom stereocenters. The zero-order valence-corrected chi connectivity index (χ0v) is 12.4. The molecule has 0 saturated heterocycles. The van der Waals surface area contributed by atoms with Crippen molar-refractivity contribution in [2.45, 2.75) is 26.7 Å². The Morgan fingerprint density at radius 3 is 2.81 bits per heavy atom. The minimum absolute atomic E-state index is 0.0105. The fourth-order valence-corrected chi connectivity index (χ4v) is 1.94. The summed E-state index contributed by atoms with van der Waals surface area (Å²) in [6.45, 7) is 4.56. The first-order valence-electron chi connectivity index (χ1n) is 7.06. The average Bonchev–Trinajstić information content (AvgIpc) is 2.91. The molecule has 0 fully saturated rings. The third-order valence-electron chi connectivity index (χ3n) is 3.37. The molecule has 6 heteroatoms. The molecule has 6 nitrogen and oxygen atoms in total. The highest BCUT2D eigenvalue weighted by atomic mass is 16.1. The smallest absolute Gasteiger partial charge is 0.224 e. The first kappa shape index (κ1) is 15.2. The number of aryl methyl sites for hydroxylation is 1. The number of amides is 1. The van der Waals surface area contributed by atoms with Crippen LogP contribution in [0.25, 0.3) is 5.82 Å². The molecule has 21 heavy (non-hydrogen) atoms. The zero-order chi connectivity index (χ0) is 15.2. The van der Waals surface area contributed by atoms with Crippen LogP contribution in [0.1, 0.15) is 25.6 Å². The second-order valence-corrected chi connectivity index (χ2v) is 5.18. The minimum atomic E-state index is -0.0105. The van der Waals surface area contributed by atoms with Gasteiger partial charge in [0.1, 0.15) is 11.6 Å². The van der Waals surface area contributed by atoms with Gasteiger partial charge in [0.25, 0.3) is 0 Å². The molecule has 0 spiro atoms. The van der Waals surface area contributed by atoms with Crippen molar-refractivity contribution in [2.75, 3.05) is 11.9 Å². The lowest BCUT2D eigenvalue weighted by Gasteiger charge is -2.09. The van der Waals surface area contributed by atoms with Crippen molar-refractivity contribution in [3.05, 3.63) is 36.5 Å². The molecular formula is C15H21N5O. The molecule has 0 bridgehead atoms. The number of rotatable bonds is 6. The van der Waals surface area contributed by atoms with Gasteiger partial charge in [-0.1, -0.05) is 6.92 Å². The van der Waals surface area contributed by atoms with E-state index in [-0.39, 0.29) is 5.91 Å². The summed E-state index contributed by atoms with van der Waals surface area (Å²) in [5.74, 6) is 2.00. The van der Waals surface area contributed by atoms with Gasteiger partial charge in [0.2, 0.25) is 5.91 Å². The number of hydrogen-bond acceptors (Lipinski definition) is 4. The van der Waals surface area contributed by atoms with E-state index in [0.717, 1.165) is 18.1 Å². The highest BCUT2D eigenvalue weighted by Crippen LogP contribution is 2.12. The lowest BCUT2D eigenvalue weighted by molar-refractivity contribution is -0.116. The van der Waals surface area contributed by atoms with Crippen LogP contribution in [-0.2, 0) is 4.79 Å². The Bertz CT molecular complexity index is 590. The van der Waals surface area contributed by atoms with Crippen molar-refractivity contribution < 1.29 is 4.79 Å². The van der Waals surface area contributed by atoms with Gasteiger partial charge in [-0.25, -0.2) is 9.97 Å². The number of carbonyl (C=O) groups excluding carboxylic acids is 1. The quantitative estimate of drug-likeness (QED) is 0.849. The topological polar surface area (TPSA) is 85.8 Å². The number of pyridine rings is 1. The SMILES string of the molecule is Cc1nccn1-c1ccc(NC(=O)CCC(C)CN)cn1. The summed E-state index contributed by atoms with van der Waals surface area (Å²) in [6, 6.07) is 3.69. The summed E-state index contributed by atoms with van der Waals surface area (Å²) >= 11 is 0. The number of nitrogens with two attached hydrogens (primary N) is 1. The van der Waals surface area contributed by atoms with E-state index in [1.54, 1.807) is 12.4 Å². The van der Waals surface area contributed by atoms with Gasteiger partial charge >= 0.3 is 0 Å². The van der Waals surface area contributed by atoms with Crippen LogP contribution in [0.5, 0.6) is 0 Å². The summed E-state index contributed by atoms with van der Waals surface area (Å²) < 4.78 is 1.88.